The smallest absolute Gasteiger partial charge is 0.239 e. The summed E-state index contributed by atoms with van der Waals surface area (Å²) in [4.78, 5) is 107. The Labute approximate surface area is 537 Å². The molecule has 16 atom stereocenters. The number of ketones is 4. The number of carbonyl (C=O) groups is 8. The maximum atomic E-state index is 14.2. The third-order valence-corrected chi connectivity index (χ3v) is 14.9. The Morgan fingerprint density at radius 1 is 0.451 bits per heavy atom. The average Bonchev–Trinajstić information content (AvgIpc) is 1.02. The van der Waals surface area contributed by atoms with Gasteiger partial charge < -0.3 is 100 Å². The Kier molecular flexibility index (Phi) is 47.2. The first-order valence-electron chi connectivity index (χ1n) is 31.9. The van der Waals surface area contributed by atoms with Gasteiger partial charge in [-0.1, -0.05) is 62.8 Å². The number of aliphatic hydroxyl groups is 9. The highest BCUT2D eigenvalue weighted by molar-refractivity contribution is 5.92. The minimum Gasteiger partial charge on any atom is -0.394 e. The van der Waals surface area contributed by atoms with Gasteiger partial charge in [-0.2, -0.15) is 0 Å². The van der Waals surface area contributed by atoms with Gasteiger partial charge in [0.15, 0.2) is 18.9 Å². The van der Waals surface area contributed by atoms with Crippen LogP contribution >= 0.6 is 0 Å². The van der Waals surface area contributed by atoms with Gasteiger partial charge in [-0.3, -0.25) is 43.3 Å². The monoisotopic (exact) mass is 1310 g/mol. The summed E-state index contributed by atoms with van der Waals surface area (Å²) in [5.41, 5.74) is 0. The molecule has 0 spiro atoms. The fourth-order valence-corrected chi connectivity index (χ4v) is 9.57. The van der Waals surface area contributed by atoms with Gasteiger partial charge in [0.25, 0.3) is 0 Å². The van der Waals surface area contributed by atoms with Gasteiger partial charge in [-0.25, -0.2) is 0 Å². The maximum Gasteiger partial charge on any atom is 0.239 e. The van der Waals surface area contributed by atoms with Crippen molar-refractivity contribution in [2.45, 2.75) is 233 Å². The zero-order chi connectivity index (χ0) is 67.9. The van der Waals surface area contributed by atoms with Crippen LogP contribution in [0, 0.1) is 23.7 Å². The molecule has 0 aliphatic carbocycles. The van der Waals surface area contributed by atoms with Crippen LogP contribution in [0.15, 0.2) is 0 Å². The van der Waals surface area contributed by atoms with E-state index < -0.39 is 172 Å². The molecule has 29 nitrogen and oxygen atoms in total. The molecular weight excluding hydrogens is 1200 g/mol. The third-order valence-electron chi connectivity index (χ3n) is 14.9. The molecular formula is C62H115N5O24. The van der Waals surface area contributed by atoms with E-state index in [4.69, 9.17) is 33.2 Å². The van der Waals surface area contributed by atoms with Crippen molar-refractivity contribution in [2.24, 2.45) is 23.7 Å². The molecule has 4 amide bonds. The van der Waals surface area contributed by atoms with Gasteiger partial charge in [0.1, 0.15) is 59.8 Å². The van der Waals surface area contributed by atoms with Crippen molar-refractivity contribution in [1.82, 2.24) is 26.2 Å². The van der Waals surface area contributed by atoms with E-state index in [0.717, 1.165) is 5.92 Å². The lowest BCUT2D eigenvalue weighted by Crippen LogP contribution is -2.55. The number of carbonyl (C=O) groups excluding carboxylic acids is 8. The van der Waals surface area contributed by atoms with Gasteiger partial charge in [-0.15, -0.1) is 0 Å². The molecule has 13 N–H and O–H groups in total. The molecule has 29 heteroatoms. The van der Waals surface area contributed by atoms with Crippen LogP contribution in [-0.4, -0.2) is 270 Å². The number of aliphatic hydroxyl groups excluding tert-OH is 9. The molecule has 0 aromatic carbocycles. The molecule has 3 aliphatic heterocycles. The van der Waals surface area contributed by atoms with E-state index in [1.54, 1.807) is 20.8 Å². The van der Waals surface area contributed by atoms with Crippen molar-refractivity contribution >= 4 is 46.8 Å². The molecule has 91 heavy (non-hydrogen) atoms. The Hall–Kier alpha value is -4.12. The number of Topliss-reactive ketones (excluding diaryl/α,β-unsaturated/α-hetero) is 4. The number of nitrogens with zero attached hydrogens (tertiary/aromatic N) is 1. The molecule has 3 heterocycles. The van der Waals surface area contributed by atoms with Gasteiger partial charge in [-0.05, 0) is 44.4 Å². The third kappa shape index (κ3) is 34.2. The van der Waals surface area contributed by atoms with Crippen molar-refractivity contribution in [2.75, 3.05) is 92.6 Å². The van der Waals surface area contributed by atoms with E-state index in [0.29, 0.717) is 13.0 Å². The highest BCUT2D eigenvalue weighted by Gasteiger charge is 2.45. The Bertz CT molecular complexity index is 1980. The number of nitrogens with one attached hydrogen (secondary N) is 4. The molecule has 0 bridgehead atoms. The van der Waals surface area contributed by atoms with Crippen LogP contribution < -0.4 is 21.3 Å². The second-order valence-corrected chi connectivity index (χ2v) is 23.4. The second-order valence-electron chi connectivity index (χ2n) is 23.4. The summed E-state index contributed by atoms with van der Waals surface area (Å²) >= 11 is 0. The van der Waals surface area contributed by atoms with E-state index in [-0.39, 0.29) is 142 Å². The van der Waals surface area contributed by atoms with Gasteiger partial charge in [0, 0.05) is 102 Å². The first-order chi connectivity index (χ1) is 42.8. The van der Waals surface area contributed by atoms with E-state index in [2.05, 4.69) is 42.0 Å². The number of rotatable bonds is 43. The fraction of sp³-hybridized carbons (Fsp3) is 0.871. The van der Waals surface area contributed by atoms with E-state index in [9.17, 15) is 84.3 Å². The van der Waals surface area contributed by atoms with Crippen molar-refractivity contribution in [3.63, 3.8) is 0 Å². The normalized spacial score (nSPS) is 26.6. The Morgan fingerprint density at radius 2 is 0.791 bits per heavy atom. The summed E-state index contributed by atoms with van der Waals surface area (Å²) in [7, 11) is 1.52. The molecule has 7 unspecified atom stereocenters. The van der Waals surface area contributed by atoms with E-state index >= 15 is 0 Å². The minimum atomic E-state index is -1.38. The predicted molar refractivity (Wildman–Crippen MR) is 331 cm³/mol. The molecule has 3 rings (SSSR count). The number of hydrogen-bond donors (Lipinski definition) is 13. The standard InChI is InChI=1S/C55H95N5O24.C4H10.C2H6.CH4/c1-32-46(71)49(74)40(29-61)82-53(32)79-23-7-19-56-43(68)17-14-37(66)27-60(28-38(67)15-18-44(69)57-20-8-24-80-54-33(2)47(72)50(75)41(30-62)83-54)39(16-13-36(65)11-5-10-35(64)12-6-22-78-4)52(77)59-26-45(70)58-21-9-25-81-55-34(3)48(73)51(76)42(31-63)84-55;1-4(2)3;1-2;/h32-34,39-42,46-51,53-55,61-63,71-76H,5-31H2,1-4H3,(H,56,68)(H,57,69)(H,58,70)(H,59,77);4H,1-3H3;1-2H3;1H4/t32?,33?,34?,39?,40?,41?,42?,46-,47-,48-,49+,50+,51+,53-,54-,55-;;;/m1.../s1. The van der Waals surface area contributed by atoms with Crippen LogP contribution in [0.25, 0.3) is 0 Å². The van der Waals surface area contributed by atoms with Crippen molar-refractivity contribution in [3.05, 3.63) is 0 Å². The summed E-state index contributed by atoms with van der Waals surface area (Å²) in [6.45, 7) is 12.8. The van der Waals surface area contributed by atoms with Gasteiger partial charge in [0.2, 0.25) is 23.6 Å². The van der Waals surface area contributed by atoms with Crippen LogP contribution in [0.1, 0.15) is 153 Å². The molecule has 0 aromatic rings. The van der Waals surface area contributed by atoms with Crippen LogP contribution in [0.5, 0.6) is 0 Å². The average molecular weight is 1310 g/mol. The molecule has 532 valence electrons. The number of hydrogen-bond acceptors (Lipinski definition) is 25. The molecule has 0 radical (unpaired) electrons. The SMILES string of the molecule is C.CC.CC(C)C.COCCCC(=O)CCCC(=O)CCC(C(=O)NCC(=O)NCCCO[C@@H]1OC(CO)[C@H](O)[C@H](O)C1C)N(CC(=O)CCC(=O)NCCCO[C@@H]1OC(CO)[C@H](O)[C@H](O)C1C)CC(=O)CCC(=O)NCCCO[C@@H]1OC(CO)[C@H](O)[C@H](O)C1C. The van der Waals surface area contributed by atoms with Crippen molar-refractivity contribution in [1.29, 1.82) is 0 Å². The maximum absolute atomic E-state index is 14.2. The van der Waals surface area contributed by atoms with Crippen LogP contribution in [0.4, 0.5) is 0 Å². The lowest BCUT2D eigenvalue weighted by molar-refractivity contribution is -0.282. The summed E-state index contributed by atoms with van der Waals surface area (Å²) in [5, 5.41) is 100. The summed E-state index contributed by atoms with van der Waals surface area (Å²) < 4.78 is 38.7. The van der Waals surface area contributed by atoms with Crippen LogP contribution in [0.3, 0.4) is 0 Å². The second kappa shape index (κ2) is 49.4. The van der Waals surface area contributed by atoms with Gasteiger partial charge in [0.05, 0.1) is 83.6 Å². The summed E-state index contributed by atoms with van der Waals surface area (Å²) in [6.07, 6.45) is -13.3. The quantitative estimate of drug-likeness (QED) is 0.0329. The number of amides is 4. The highest BCUT2D eigenvalue weighted by Crippen LogP contribution is 2.29. The molecule has 0 aromatic heterocycles. The van der Waals surface area contributed by atoms with Crippen molar-refractivity contribution < 1.29 is 117 Å². The lowest BCUT2D eigenvalue weighted by Gasteiger charge is -2.40. The largest absolute Gasteiger partial charge is 0.394 e. The molecule has 3 fully saturated rings. The first kappa shape index (κ1) is 86.9. The lowest BCUT2D eigenvalue weighted by atomic mass is 9.92. The Balaban J connectivity index is 0.0000111. The summed E-state index contributed by atoms with van der Waals surface area (Å²) in [6, 6.07) is -1.38. The predicted octanol–water partition coefficient (Wildman–Crippen LogP) is -0.894. The number of methoxy groups -OCH3 is 1. The van der Waals surface area contributed by atoms with E-state index in [1.807, 2.05) is 13.8 Å². The van der Waals surface area contributed by atoms with Gasteiger partial charge >= 0.3 is 0 Å². The Morgan fingerprint density at radius 3 is 1.14 bits per heavy atom. The molecule has 0 saturated carbocycles. The zero-order valence-electron chi connectivity index (χ0n) is 54.5. The van der Waals surface area contributed by atoms with E-state index in [1.165, 1.54) is 12.0 Å². The molecule has 3 saturated heterocycles. The fourth-order valence-electron chi connectivity index (χ4n) is 9.57. The summed E-state index contributed by atoms with van der Waals surface area (Å²) in [5.74, 6) is -5.07. The minimum absolute atomic E-state index is 0. The number of ether oxygens (including phenoxy) is 7. The highest BCUT2D eigenvalue weighted by atomic mass is 16.7. The van der Waals surface area contributed by atoms with Crippen LogP contribution in [-0.2, 0) is 71.5 Å². The van der Waals surface area contributed by atoms with Crippen LogP contribution in [0.2, 0.25) is 0 Å². The zero-order valence-corrected chi connectivity index (χ0v) is 54.5. The van der Waals surface area contributed by atoms with Crippen molar-refractivity contribution in [3.8, 4) is 0 Å². The first-order valence-corrected chi connectivity index (χ1v) is 31.9. The molecule has 3 aliphatic rings. The topological polar surface area (TPSA) is 435 Å².